The number of hydrogen-bond donors (Lipinski definition) is 2. The quantitative estimate of drug-likeness (QED) is 0.868. The average Bonchev–Trinajstić information content (AvgIpc) is 2.82. The molecule has 1 aromatic carbocycles. The van der Waals surface area contributed by atoms with Gasteiger partial charge in [-0.25, -0.2) is 13.1 Å². The predicted molar refractivity (Wildman–Crippen MR) is 85.0 cm³/mol. The number of benzene rings is 1. The van der Waals surface area contributed by atoms with Crippen LogP contribution in [0.1, 0.15) is 32.1 Å². The van der Waals surface area contributed by atoms with Crippen LogP contribution in [-0.4, -0.2) is 32.9 Å². The van der Waals surface area contributed by atoms with Gasteiger partial charge in [0.25, 0.3) is 5.79 Å². The Hall–Kier alpha value is -1.80. The summed E-state index contributed by atoms with van der Waals surface area (Å²) in [6.07, 6.45) is 6.08. The molecule has 0 radical (unpaired) electrons. The number of fused-ring (bicyclic) bond motifs is 1. The van der Waals surface area contributed by atoms with Crippen LogP contribution in [0.3, 0.4) is 0 Å². The molecule has 1 fully saturated rings. The van der Waals surface area contributed by atoms with Crippen molar-refractivity contribution in [3.8, 4) is 11.5 Å². The Morgan fingerprint density at radius 3 is 2.57 bits per heavy atom. The fourth-order valence-electron chi connectivity index (χ4n) is 2.87. The largest absolute Gasteiger partial charge is 0.448 e. The van der Waals surface area contributed by atoms with Gasteiger partial charge in [0.15, 0.2) is 11.5 Å². The fraction of sp³-hybridized carbons (Fsp3) is 0.533. The zero-order valence-electron chi connectivity index (χ0n) is 12.9. The smallest absolute Gasteiger partial charge is 0.251 e. The molecule has 1 amide bonds. The molecular formula is C15H20N2O5S. The Morgan fingerprint density at radius 2 is 1.87 bits per heavy atom. The maximum absolute atomic E-state index is 11.7. The Bertz CT molecular complexity index is 711. The number of sulfonamides is 1. The van der Waals surface area contributed by atoms with Gasteiger partial charge in [-0.15, -0.1) is 0 Å². The Kier molecular flexibility index (Phi) is 4.20. The van der Waals surface area contributed by atoms with Crippen molar-refractivity contribution < 1.29 is 22.7 Å². The first-order chi connectivity index (χ1) is 10.9. The molecule has 7 nitrogen and oxygen atoms in total. The molecule has 126 valence electrons. The van der Waals surface area contributed by atoms with E-state index in [1.54, 1.807) is 18.2 Å². The number of nitrogens with one attached hydrogen (secondary N) is 2. The first-order valence-electron chi connectivity index (χ1n) is 7.62. The molecule has 23 heavy (non-hydrogen) atoms. The molecule has 0 bridgehead atoms. The highest BCUT2D eigenvalue weighted by Crippen LogP contribution is 2.46. The number of carbonyl (C=O) groups is 1. The molecule has 1 saturated carbocycles. The lowest BCUT2D eigenvalue weighted by molar-refractivity contribution is -0.115. The molecule has 1 aromatic rings. The molecule has 1 heterocycles. The minimum Gasteiger partial charge on any atom is -0.448 e. The molecular weight excluding hydrogens is 320 g/mol. The minimum atomic E-state index is -3.40. The summed E-state index contributed by atoms with van der Waals surface area (Å²) in [4.78, 5) is 11.7. The summed E-state index contributed by atoms with van der Waals surface area (Å²) >= 11 is 0. The van der Waals surface area contributed by atoms with Crippen molar-refractivity contribution in [3.05, 3.63) is 18.2 Å². The van der Waals surface area contributed by atoms with Gasteiger partial charge in [-0.2, -0.15) is 0 Å². The molecule has 0 unspecified atom stereocenters. The monoisotopic (exact) mass is 340 g/mol. The molecule has 0 atom stereocenters. The second-order valence-corrected chi connectivity index (χ2v) is 7.81. The van der Waals surface area contributed by atoms with Gasteiger partial charge < -0.3 is 14.8 Å². The Morgan fingerprint density at radius 1 is 1.17 bits per heavy atom. The number of anilines is 1. The molecule has 3 rings (SSSR count). The lowest BCUT2D eigenvalue weighted by Crippen LogP contribution is -2.40. The summed E-state index contributed by atoms with van der Waals surface area (Å²) in [6, 6.07) is 5.18. The van der Waals surface area contributed by atoms with E-state index in [0.29, 0.717) is 17.2 Å². The number of ether oxygens (including phenoxy) is 2. The zero-order chi connectivity index (χ0) is 16.5. The molecule has 2 N–H and O–H groups in total. The van der Waals surface area contributed by atoms with E-state index in [9.17, 15) is 13.2 Å². The molecule has 1 spiro atoms. The second kappa shape index (κ2) is 6.01. The van der Waals surface area contributed by atoms with Gasteiger partial charge in [0.05, 0.1) is 12.8 Å². The van der Waals surface area contributed by atoms with Crippen molar-refractivity contribution in [2.75, 3.05) is 18.1 Å². The van der Waals surface area contributed by atoms with Crippen molar-refractivity contribution in [1.82, 2.24) is 4.72 Å². The van der Waals surface area contributed by atoms with E-state index in [-0.39, 0.29) is 6.54 Å². The summed E-state index contributed by atoms with van der Waals surface area (Å²) in [6.45, 7) is -0.308. The van der Waals surface area contributed by atoms with Crippen LogP contribution in [0.5, 0.6) is 11.5 Å². The van der Waals surface area contributed by atoms with Crippen molar-refractivity contribution in [1.29, 1.82) is 0 Å². The summed E-state index contributed by atoms with van der Waals surface area (Å²) in [5.41, 5.74) is 0.542. The molecule has 2 aliphatic rings. The van der Waals surface area contributed by atoms with Gasteiger partial charge in [-0.3, -0.25) is 4.79 Å². The van der Waals surface area contributed by atoms with Gasteiger partial charge in [-0.05, 0) is 25.0 Å². The van der Waals surface area contributed by atoms with Crippen LogP contribution in [0.2, 0.25) is 0 Å². The summed E-state index contributed by atoms with van der Waals surface area (Å²) in [5, 5.41) is 2.63. The number of hydrogen-bond acceptors (Lipinski definition) is 5. The van der Waals surface area contributed by atoms with Crippen LogP contribution in [-0.2, 0) is 14.8 Å². The minimum absolute atomic E-state index is 0.308. The molecule has 0 aromatic heterocycles. The molecule has 8 heteroatoms. The van der Waals surface area contributed by atoms with Crippen molar-refractivity contribution in [2.24, 2.45) is 0 Å². The summed E-state index contributed by atoms with van der Waals surface area (Å²) in [5.74, 6) is 0.294. The summed E-state index contributed by atoms with van der Waals surface area (Å²) in [7, 11) is -3.40. The van der Waals surface area contributed by atoms with E-state index >= 15 is 0 Å². The van der Waals surface area contributed by atoms with Gasteiger partial charge >= 0.3 is 0 Å². The Balaban J connectivity index is 1.64. The van der Waals surface area contributed by atoms with Crippen LogP contribution >= 0.6 is 0 Å². The van der Waals surface area contributed by atoms with E-state index in [0.717, 1.165) is 31.9 Å². The Labute approximate surface area is 135 Å². The van der Waals surface area contributed by atoms with Gasteiger partial charge in [0, 0.05) is 24.6 Å². The highest BCUT2D eigenvalue weighted by atomic mass is 32.2. The lowest BCUT2D eigenvalue weighted by atomic mass is 9.94. The van der Waals surface area contributed by atoms with Gasteiger partial charge in [-0.1, -0.05) is 6.42 Å². The van der Waals surface area contributed by atoms with E-state index < -0.39 is 21.7 Å². The molecule has 1 aliphatic heterocycles. The zero-order valence-corrected chi connectivity index (χ0v) is 13.7. The van der Waals surface area contributed by atoms with Crippen molar-refractivity contribution >= 4 is 21.6 Å². The summed E-state index contributed by atoms with van der Waals surface area (Å²) < 4.78 is 36.1. The third kappa shape index (κ3) is 3.94. The van der Waals surface area contributed by atoms with Crippen LogP contribution in [0, 0.1) is 0 Å². The number of carbonyl (C=O) groups excluding carboxylic acids is 1. The number of rotatable bonds is 4. The maximum atomic E-state index is 11.7. The lowest BCUT2D eigenvalue weighted by Gasteiger charge is -2.31. The van der Waals surface area contributed by atoms with E-state index in [2.05, 4.69) is 10.0 Å². The second-order valence-electron chi connectivity index (χ2n) is 5.98. The average molecular weight is 340 g/mol. The standard InChI is InChI=1S/C15H20N2O5S/c1-23(19,20)16-10-14(18)17-11-5-6-12-13(9-11)22-15(21-12)7-3-2-4-8-15/h5-6,9,16H,2-4,7-8,10H2,1H3,(H,17,18). The van der Waals surface area contributed by atoms with Crippen LogP contribution in [0.15, 0.2) is 18.2 Å². The fourth-order valence-corrected chi connectivity index (χ4v) is 3.26. The normalized spacial score (nSPS) is 18.8. The third-order valence-electron chi connectivity index (χ3n) is 3.93. The maximum Gasteiger partial charge on any atom is 0.251 e. The van der Waals surface area contributed by atoms with Crippen molar-refractivity contribution in [2.45, 2.75) is 37.9 Å². The third-order valence-corrected chi connectivity index (χ3v) is 4.60. The topological polar surface area (TPSA) is 93.7 Å². The van der Waals surface area contributed by atoms with Gasteiger partial charge in [0.2, 0.25) is 15.9 Å². The van der Waals surface area contributed by atoms with E-state index in [4.69, 9.17) is 9.47 Å². The number of amides is 1. The van der Waals surface area contributed by atoms with Crippen LogP contribution in [0.4, 0.5) is 5.69 Å². The highest BCUT2D eigenvalue weighted by Gasteiger charge is 2.42. The SMILES string of the molecule is CS(=O)(=O)NCC(=O)Nc1ccc2c(c1)OC1(CCCCC1)O2. The van der Waals surface area contributed by atoms with Crippen molar-refractivity contribution in [3.63, 3.8) is 0 Å². The van der Waals surface area contributed by atoms with Crippen LogP contribution in [0.25, 0.3) is 0 Å². The molecule has 1 aliphatic carbocycles. The predicted octanol–water partition coefficient (Wildman–Crippen LogP) is 1.61. The van der Waals surface area contributed by atoms with E-state index in [1.165, 1.54) is 6.42 Å². The first-order valence-corrected chi connectivity index (χ1v) is 9.51. The first kappa shape index (κ1) is 16.1. The molecule has 0 saturated heterocycles. The van der Waals surface area contributed by atoms with E-state index in [1.807, 2.05) is 0 Å². The highest BCUT2D eigenvalue weighted by molar-refractivity contribution is 7.88. The van der Waals surface area contributed by atoms with Crippen LogP contribution < -0.4 is 19.5 Å². The van der Waals surface area contributed by atoms with Gasteiger partial charge in [0.1, 0.15) is 0 Å².